The van der Waals surface area contributed by atoms with Crippen LogP contribution < -0.4 is 4.74 Å². The van der Waals surface area contributed by atoms with Gasteiger partial charge in [-0.25, -0.2) is 4.98 Å². The summed E-state index contributed by atoms with van der Waals surface area (Å²) in [5.74, 6) is -0.300. The Morgan fingerprint density at radius 2 is 2.20 bits per heavy atom. The van der Waals surface area contributed by atoms with Gasteiger partial charge in [0.2, 0.25) is 0 Å². The van der Waals surface area contributed by atoms with Gasteiger partial charge in [0.15, 0.2) is 11.5 Å². The van der Waals surface area contributed by atoms with Crippen molar-refractivity contribution in [1.29, 1.82) is 0 Å². The van der Waals surface area contributed by atoms with Crippen molar-refractivity contribution in [1.82, 2.24) is 4.98 Å². The Morgan fingerprint density at radius 3 is 2.95 bits per heavy atom. The molecule has 1 aliphatic rings. The highest BCUT2D eigenvalue weighted by atomic mass is 16.5. The van der Waals surface area contributed by atoms with Crippen molar-refractivity contribution in [3.63, 3.8) is 0 Å². The highest BCUT2D eigenvalue weighted by Crippen LogP contribution is 2.36. The molecule has 104 valence electrons. The van der Waals surface area contributed by atoms with Crippen LogP contribution >= 0.6 is 0 Å². The van der Waals surface area contributed by atoms with Gasteiger partial charge in [0.25, 0.3) is 0 Å². The topological polar surface area (TPSA) is 72.6 Å². The van der Waals surface area contributed by atoms with Crippen molar-refractivity contribution < 1.29 is 19.1 Å². The molecule has 0 radical (unpaired) electrons. The number of aliphatic carboxylic acids is 1. The largest absolute Gasteiger partial charge is 0.497 e. The molecule has 2 atom stereocenters. The number of carboxylic acid groups (broad SMARTS) is 1. The van der Waals surface area contributed by atoms with E-state index in [0.717, 1.165) is 0 Å². The number of nitrogens with zero attached hydrogens (tertiary/aromatic N) is 1. The van der Waals surface area contributed by atoms with E-state index < -0.39 is 11.9 Å². The minimum absolute atomic E-state index is 0.212. The minimum Gasteiger partial charge on any atom is -0.497 e. The molecule has 0 aliphatic heterocycles. The molecule has 3 rings (SSSR count). The average Bonchev–Trinajstić information content (AvgIpc) is 2.89. The van der Waals surface area contributed by atoms with E-state index in [1.807, 2.05) is 12.2 Å². The van der Waals surface area contributed by atoms with Gasteiger partial charge in [0.1, 0.15) is 11.3 Å². The third-order valence-electron chi connectivity index (χ3n) is 3.68. The maximum absolute atomic E-state index is 11.3. The smallest absolute Gasteiger partial charge is 0.307 e. The summed E-state index contributed by atoms with van der Waals surface area (Å²) in [6, 6.07) is 5.38. The molecular formula is C15H15NO4. The van der Waals surface area contributed by atoms with E-state index in [-0.39, 0.29) is 5.92 Å². The fraction of sp³-hybridized carbons (Fsp3) is 0.333. The number of methoxy groups -OCH3 is 1. The van der Waals surface area contributed by atoms with Crippen LogP contribution in [0.2, 0.25) is 0 Å². The van der Waals surface area contributed by atoms with E-state index in [4.69, 9.17) is 9.15 Å². The first-order chi connectivity index (χ1) is 9.69. The maximum atomic E-state index is 11.3. The molecule has 2 unspecified atom stereocenters. The summed E-state index contributed by atoms with van der Waals surface area (Å²) in [5.41, 5.74) is 1.34. The maximum Gasteiger partial charge on any atom is 0.307 e. The second-order valence-electron chi connectivity index (χ2n) is 4.88. The monoisotopic (exact) mass is 273 g/mol. The zero-order valence-electron chi connectivity index (χ0n) is 11.1. The third kappa shape index (κ3) is 2.15. The number of benzene rings is 1. The van der Waals surface area contributed by atoms with Crippen molar-refractivity contribution in [3.05, 3.63) is 36.2 Å². The summed E-state index contributed by atoms with van der Waals surface area (Å²) in [7, 11) is 1.59. The summed E-state index contributed by atoms with van der Waals surface area (Å²) in [4.78, 5) is 15.8. The van der Waals surface area contributed by atoms with Crippen LogP contribution in [0.25, 0.3) is 11.1 Å². The van der Waals surface area contributed by atoms with Gasteiger partial charge in [-0.15, -0.1) is 0 Å². The van der Waals surface area contributed by atoms with Crippen LogP contribution in [0, 0.1) is 5.92 Å². The van der Waals surface area contributed by atoms with Crippen LogP contribution in [-0.2, 0) is 4.79 Å². The Kier molecular flexibility index (Phi) is 3.18. The molecule has 0 amide bonds. The molecule has 0 bridgehead atoms. The van der Waals surface area contributed by atoms with E-state index in [1.54, 1.807) is 25.3 Å². The molecule has 0 saturated heterocycles. The summed E-state index contributed by atoms with van der Waals surface area (Å²) in [6.45, 7) is 0. The van der Waals surface area contributed by atoms with Gasteiger partial charge in [0.05, 0.1) is 18.9 Å². The Labute approximate surface area is 115 Å². The Hall–Kier alpha value is -2.30. The number of oxazole rings is 1. The molecule has 5 heteroatoms. The first kappa shape index (κ1) is 12.7. The SMILES string of the molecule is COc1ccc2oc(C3CC=CCC3C(=O)O)nc2c1. The van der Waals surface area contributed by atoms with Crippen molar-refractivity contribution in [2.75, 3.05) is 7.11 Å². The number of hydrogen-bond acceptors (Lipinski definition) is 4. The molecule has 20 heavy (non-hydrogen) atoms. The molecule has 1 N–H and O–H groups in total. The molecule has 1 aliphatic carbocycles. The summed E-state index contributed by atoms with van der Waals surface area (Å²) in [5, 5.41) is 9.30. The Bertz CT molecular complexity index is 674. The fourth-order valence-electron chi connectivity index (χ4n) is 2.57. The summed E-state index contributed by atoms with van der Waals surface area (Å²) in [6.07, 6.45) is 5.05. The third-order valence-corrected chi connectivity index (χ3v) is 3.68. The highest BCUT2D eigenvalue weighted by molar-refractivity contribution is 5.75. The number of fused-ring (bicyclic) bond motifs is 1. The van der Waals surface area contributed by atoms with Crippen molar-refractivity contribution in [2.45, 2.75) is 18.8 Å². The standard InChI is InChI=1S/C15H15NO4/c1-19-9-6-7-13-12(8-9)16-14(20-13)10-4-2-3-5-11(10)15(17)18/h2-3,6-8,10-11H,4-5H2,1H3,(H,17,18). The molecular weight excluding hydrogens is 258 g/mol. The fourth-order valence-corrected chi connectivity index (χ4v) is 2.57. The summed E-state index contributed by atoms with van der Waals surface area (Å²) < 4.78 is 10.9. The molecule has 0 fully saturated rings. The van der Waals surface area contributed by atoms with Crippen molar-refractivity contribution >= 4 is 17.1 Å². The van der Waals surface area contributed by atoms with Crippen LogP contribution in [0.5, 0.6) is 5.75 Å². The number of rotatable bonds is 3. The molecule has 0 saturated carbocycles. The normalized spacial score (nSPS) is 22.1. The molecule has 1 heterocycles. The van der Waals surface area contributed by atoms with Crippen LogP contribution in [0.3, 0.4) is 0 Å². The Morgan fingerprint density at radius 1 is 1.40 bits per heavy atom. The zero-order valence-corrected chi connectivity index (χ0v) is 11.1. The van der Waals surface area contributed by atoms with E-state index >= 15 is 0 Å². The lowest BCUT2D eigenvalue weighted by molar-refractivity contribution is -0.142. The summed E-state index contributed by atoms with van der Waals surface area (Å²) >= 11 is 0. The van der Waals surface area contributed by atoms with Crippen LogP contribution in [0.15, 0.2) is 34.8 Å². The van der Waals surface area contributed by atoms with Crippen LogP contribution in [0.1, 0.15) is 24.7 Å². The lowest BCUT2D eigenvalue weighted by atomic mass is 9.83. The predicted octanol–water partition coefficient (Wildman–Crippen LogP) is 2.97. The van der Waals surface area contributed by atoms with E-state index in [1.165, 1.54) is 0 Å². The second kappa shape index (κ2) is 5.00. The van der Waals surface area contributed by atoms with Crippen molar-refractivity contribution in [3.8, 4) is 5.75 Å². The minimum atomic E-state index is -0.806. The van der Waals surface area contributed by atoms with Gasteiger partial charge >= 0.3 is 5.97 Å². The van der Waals surface area contributed by atoms with Gasteiger partial charge in [-0.1, -0.05) is 12.2 Å². The molecule has 0 spiro atoms. The highest BCUT2D eigenvalue weighted by Gasteiger charge is 2.33. The molecule has 2 aromatic rings. The first-order valence-corrected chi connectivity index (χ1v) is 6.51. The zero-order chi connectivity index (χ0) is 14.1. The van der Waals surface area contributed by atoms with E-state index in [2.05, 4.69) is 4.98 Å². The van der Waals surface area contributed by atoms with Gasteiger partial charge < -0.3 is 14.3 Å². The number of carbonyl (C=O) groups is 1. The first-order valence-electron chi connectivity index (χ1n) is 6.51. The molecule has 1 aromatic heterocycles. The number of carboxylic acids is 1. The number of allylic oxidation sites excluding steroid dienone is 2. The lowest BCUT2D eigenvalue weighted by Crippen LogP contribution is -2.23. The van der Waals surface area contributed by atoms with Gasteiger partial charge in [-0.2, -0.15) is 0 Å². The molecule has 5 nitrogen and oxygen atoms in total. The van der Waals surface area contributed by atoms with Crippen LogP contribution in [0.4, 0.5) is 0 Å². The Balaban J connectivity index is 2.00. The van der Waals surface area contributed by atoms with Crippen LogP contribution in [-0.4, -0.2) is 23.2 Å². The second-order valence-corrected chi connectivity index (χ2v) is 4.88. The van der Waals surface area contributed by atoms with Crippen molar-refractivity contribution in [2.24, 2.45) is 5.92 Å². The average molecular weight is 273 g/mol. The van der Waals surface area contributed by atoms with E-state index in [9.17, 15) is 9.90 Å². The van der Waals surface area contributed by atoms with Gasteiger partial charge in [-0.05, 0) is 25.0 Å². The van der Waals surface area contributed by atoms with E-state index in [0.29, 0.717) is 35.6 Å². The lowest BCUT2D eigenvalue weighted by Gasteiger charge is -2.21. The number of hydrogen-bond donors (Lipinski definition) is 1. The quantitative estimate of drug-likeness (QED) is 0.870. The van der Waals surface area contributed by atoms with Gasteiger partial charge in [0, 0.05) is 6.07 Å². The predicted molar refractivity (Wildman–Crippen MR) is 72.8 cm³/mol. The number of ether oxygens (including phenoxy) is 1. The number of aromatic nitrogens is 1. The van der Waals surface area contributed by atoms with Gasteiger partial charge in [-0.3, -0.25) is 4.79 Å². The molecule has 1 aromatic carbocycles.